The normalized spacial score (nSPS) is 22.8. The Morgan fingerprint density at radius 2 is 1.81 bits per heavy atom. The lowest BCUT2D eigenvalue weighted by molar-refractivity contribution is -0.131. The molecule has 0 radical (unpaired) electrons. The molecule has 4 fully saturated rings. The molecule has 2 bridgehead atoms. The van der Waals surface area contributed by atoms with Crippen LogP contribution in [0.2, 0.25) is 10.0 Å². The zero-order valence-electron chi connectivity index (χ0n) is 23.6. The van der Waals surface area contributed by atoms with Crippen LogP contribution in [0.3, 0.4) is 0 Å². The van der Waals surface area contributed by atoms with Crippen molar-refractivity contribution in [3.05, 3.63) is 69.3 Å². The molecule has 8 nitrogen and oxygen atoms in total. The molecule has 220 valence electrons. The summed E-state index contributed by atoms with van der Waals surface area (Å²) in [6, 6.07) is 7.26. The molecule has 0 saturated heterocycles. The van der Waals surface area contributed by atoms with Crippen LogP contribution in [-0.4, -0.2) is 38.9 Å². The monoisotopic (exact) mass is 617 g/mol. The minimum Gasteiger partial charge on any atom is -0.481 e. The van der Waals surface area contributed by atoms with E-state index in [0.29, 0.717) is 33.8 Å². The summed E-state index contributed by atoms with van der Waals surface area (Å²) in [5.74, 6) is 7.44. The number of methoxy groups -OCH3 is 1. The Morgan fingerprint density at radius 1 is 1.09 bits per heavy atom. The highest BCUT2D eigenvalue weighted by atomic mass is 35.5. The second-order valence-corrected chi connectivity index (χ2v) is 12.7. The Labute approximate surface area is 258 Å². The van der Waals surface area contributed by atoms with Gasteiger partial charge in [-0.05, 0) is 75.0 Å². The molecule has 0 unspecified atom stereocenters. The van der Waals surface area contributed by atoms with Gasteiger partial charge < -0.3 is 19.1 Å². The Kier molecular flexibility index (Phi) is 7.08. The van der Waals surface area contributed by atoms with Gasteiger partial charge in [0, 0.05) is 45.8 Å². The fourth-order valence-corrected chi connectivity index (χ4v) is 7.05. The van der Waals surface area contributed by atoms with Gasteiger partial charge in [0.05, 0.1) is 29.4 Å². The van der Waals surface area contributed by atoms with Crippen LogP contribution >= 0.6 is 23.2 Å². The van der Waals surface area contributed by atoms with Crippen molar-refractivity contribution in [3.63, 3.8) is 0 Å². The topological polar surface area (TPSA) is 108 Å². The third-order valence-corrected chi connectivity index (χ3v) is 9.81. The number of fused-ring (bicyclic) bond motifs is 4. The highest BCUT2D eigenvalue weighted by molar-refractivity contribution is 6.38. The van der Waals surface area contributed by atoms with E-state index in [1.54, 1.807) is 18.5 Å². The second kappa shape index (κ2) is 10.8. The van der Waals surface area contributed by atoms with Gasteiger partial charge in [0.15, 0.2) is 5.69 Å². The SMILES string of the molecule is COc1nc(C(=O)O)cc2ccc(C#CC34CCC(OCc5c(-c6c(Cl)cncc6Cl)noc5C5CC5)(CC3)CC4)cc12. The number of carbonyl (C=O) groups is 1. The fourth-order valence-electron chi connectivity index (χ4n) is 6.51. The maximum atomic E-state index is 11.4. The first-order valence-corrected chi connectivity index (χ1v) is 15.2. The summed E-state index contributed by atoms with van der Waals surface area (Å²) < 4.78 is 18.0. The minimum absolute atomic E-state index is 0.0464. The maximum Gasteiger partial charge on any atom is 0.354 e. The van der Waals surface area contributed by atoms with E-state index in [-0.39, 0.29) is 22.6 Å². The summed E-state index contributed by atoms with van der Waals surface area (Å²) in [4.78, 5) is 19.6. The van der Waals surface area contributed by atoms with Gasteiger partial charge in [0.2, 0.25) is 5.88 Å². The summed E-state index contributed by atoms with van der Waals surface area (Å²) in [5, 5.41) is 16.1. The van der Waals surface area contributed by atoms with Crippen LogP contribution in [0.15, 0.2) is 41.2 Å². The van der Waals surface area contributed by atoms with Crippen LogP contribution < -0.4 is 4.74 Å². The molecule has 3 heterocycles. The number of rotatable bonds is 7. The van der Waals surface area contributed by atoms with Crippen LogP contribution in [-0.2, 0) is 11.3 Å². The lowest BCUT2D eigenvalue weighted by Crippen LogP contribution is -2.47. The summed E-state index contributed by atoms with van der Waals surface area (Å²) in [6.45, 7) is 0.398. The second-order valence-electron chi connectivity index (χ2n) is 11.9. The molecule has 3 aromatic heterocycles. The van der Waals surface area contributed by atoms with Crippen LogP contribution in [0.1, 0.15) is 84.7 Å². The summed E-state index contributed by atoms with van der Waals surface area (Å²) in [5.41, 5.74) is 2.77. The number of aromatic carboxylic acids is 1. The molecule has 4 aliphatic carbocycles. The summed E-state index contributed by atoms with van der Waals surface area (Å²) in [6.07, 6.45) is 11.0. The van der Waals surface area contributed by atoms with E-state index in [1.807, 2.05) is 18.2 Å². The molecule has 0 aliphatic heterocycles. The zero-order valence-corrected chi connectivity index (χ0v) is 25.1. The Bertz CT molecular complexity index is 1780. The van der Waals surface area contributed by atoms with Crippen molar-refractivity contribution >= 4 is 39.9 Å². The van der Waals surface area contributed by atoms with Crippen molar-refractivity contribution in [1.29, 1.82) is 0 Å². The molecule has 4 saturated carbocycles. The smallest absolute Gasteiger partial charge is 0.354 e. The lowest BCUT2D eigenvalue weighted by Gasteiger charge is -2.51. The number of pyridine rings is 2. The number of ether oxygens (including phenoxy) is 2. The fraction of sp³-hybridized carbons (Fsp3) is 0.394. The average Bonchev–Trinajstić information content (AvgIpc) is 3.79. The molecule has 4 aliphatic rings. The van der Waals surface area contributed by atoms with Crippen molar-refractivity contribution in [1.82, 2.24) is 15.1 Å². The molecule has 0 atom stereocenters. The number of hydrogen-bond acceptors (Lipinski definition) is 7. The summed E-state index contributed by atoms with van der Waals surface area (Å²) >= 11 is 13.0. The Hall–Kier alpha value is -3.64. The molecule has 1 N–H and O–H groups in total. The van der Waals surface area contributed by atoms with E-state index in [0.717, 1.165) is 79.0 Å². The Balaban J connectivity index is 1.08. The van der Waals surface area contributed by atoms with Gasteiger partial charge in [-0.25, -0.2) is 9.78 Å². The van der Waals surface area contributed by atoms with Crippen LogP contribution in [0.5, 0.6) is 5.88 Å². The third kappa shape index (κ3) is 5.24. The molecule has 0 amide bonds. The van der Waals surface area contributed by atoms with Crippen LogP contribution in [0, 0.1) is 17.3 Å². The van der Waals surface area contributed by atoms with Gasteiger partial charge in [0.1, 0.15) is 11.5 Å². The van der Waals surface area contributed by atoms with Crippen molar-refractivity contribution in [3.8, 4) is 29.0 Å². The van der Waals surface area contributed by atoms with Crippen molar-refractivity contribution < 1.29 is 23.9 Å². The van der Waals surface area contributed by atoms with Crippen LogP contribution in [0.25, 0.3) is 22.0 Å². The van der Waals surface area contributed by atoms with E-state index >= 15 is 0 Å². The molecule has 10 heteroatoms. The number of hydrogen-bond donors (Lipinski definition) is 1. The highest BCUT2D eigenvalue weighted by Gasteiger charge is 2.49. The standard InChI is InChI=1S/C33H29Cl2N3O5/c1-41-30-22-14-19(2-3-21(22)15-26(37-30)31(39)40)6-7-32-8-11-33(12-9-32,13-10-32)42-18-23-28(38-43-29(23)20-4-5-20)27-24(34)16-36-17-25(27)35/h2-3,14-17,20H,4-5,8-13,18H2,1H3,(H,39,40). The number of benzene rings is 1. The number of carboxylic acids is 1. The molecule has 43 heavy (non-hydrogen) atoms. The predicted molar refractivity (Wildman–Crippen MR) is 162 cm³/mol. The van der Waals surface area contributed by atoms with Gasteiger partial charge in [0.25, 0.3) is 0 Å². The van der Waals surface area contributed by atoms with Gasteiger partial charge in [-0.1, -0.05) is 46.3 Å². The van der Waals surface area contributed by atoms with Gasteiger partial charge in [-0.2, -0.15) is 0 Å². The quantitative estimate of drug-likeness (QED) is 0.209. The minimum atomic E-state index is -1.09. The van der Waals surface area contributed by atoms with E-state index in [2.05, 4.69) is 27.0 Å². The number of nitrogens with zero attached hydrogens (tertiary/aromatic N) is 3. The first kappa shape index (κ1) is 28.1. The van der Waals surface area contributed by atoms with Crippen LogP contribution in [0.4, 0.5) is 0 Å². The largest absolute Gasteiger partial charge is 0.481 e. The Morgan fingerprint density at radius 3 is 2.47 bits per heavy atom. The first-order valence-electron chi connectivity index (χ1n) is 14.5. The van der Waals surface area contributed by atoms with Gasteiger partial charge in [-0.3, -0.25) is 4.98 Å². The van der Waals surface area contributed by atoms with Crippen molar-refractivity contribution in [2.75, 3.05) is 7.11 Å². The molecular weight excluding hydrogens is 589 g/mol. The first-order chi connectivity index (χ1) is 20.8. The maximum absolute atomic E-state index is 11.4. The average molecular weight is 619 g/mol. The third-order valence-electron chi connectivity index (χ3n) is 9.24. The number of carboxylic acid groups (broad SMARTS) is 1. The van der Waals surface area contributed by atoms with Crippen molar-refractivity contribution in [2.45, 2.75) is 69.5 Å². The predicted octanol–water partition coefficient (Wildman–Crippen LogP) is 7.84. The molecule has 0 spiro atoms. The lowest BCUT2D eigenvalue weighted by atomic mass is 9.59. The van der Waals surface area contributed by atoms with E-state index in [4.69, 9.17) is 37.2 Å². The molecule has 8 rings (SSSR count). The molecule has 4 aromatic rings. The highest BCUT2D eigenvalue weighted by Crippen LogP contribution is 2.54. The van der Waals surface area contributed by atoms with E-state index in [9.17, 15) is 9.90 Å². The van der Waals surface area contributed by atoms with Gasteiger partial charge in [-0.15, -0.1) is 0 Å². The zero-order chi connectivity index (χ0) is 29.8. The van der Waals surface area contributed by atoms with Gasteiger partial charge >= 0.3 is 5.97 Å². The summed E-state index contributed by atoms with van der Waals surface area (Å²) in [7, 11) is 1.49. The van der Waals surface area contributed by atoms with E-state index < -0.39 is 5.97 Å². The number of aromatic nitrogens is 3. The number of halogens is 2. The molecule has 1 aromatic carbocycles. The molecular formula is C33H29Cl2N3O5. The van der Waals surface area contributed by atoms with Crippen molar-refractivity contribution in [2.24, 2.45) is 5.41 Å². The van der Waals surface area contributed by atoms with E-state index in [1.165, 1.54) is 7.11 Å².